The molecule has 1 aliphatic heterocycles. The van der Waals surface area contributed by atoms with E-state index in [1.807, 2.05) is 0 Å². The third kappa shape index (κ3) is 2.95. The highest BCUT2D eigenvalue weighted by atomic mass is 32.2. The average Bonchev–Trinajstić information content (AvgIpc) is 3.15. The molecule has 0 unspecified atom stereocenters. The van der Waals surface area contributed by atoms with Gasteiger partial charge in [0.25, 0.3) is 5.56 Å². The van der Waals surface area contributed by atoms with Crippen LogP contribution in [0.25, 0.3) is 0 Å². The van der Waals surface area contributed by atoms with Gasteiger partial charge in [-0.15, -0.1) is 0 Å². The van der Waals surface area contributed by atoms with Crippen LogP contribution in [0.2, 0.25) is 0 Å². The minimum Gasteiger partial charge on any atom is -0.468 e. The molecular formula is C16H20N4O3S. The van der Waals surface area contributed by atoms with Crippen molar-refractivity contribution in [3.63, 3.8) is 0 Å². The van der Waals surface area contributed by atoms with E-state index in [4.69, 9.17) is 9.47 Å². The second-order valence-corrected chi connectivity index (χ2v) is 6.96. The van der Waals surface area contributed by atoms with Gasteiger partial charge in [-0.3, -0.25) is 4.79 Å². The van der Waals surface area contributed by atoms with Crippen molar-refractivity contribution < 1.29 is 9.47 Å². The minimum atomic E-state index is 0.00656. The van der Waals surface area contributed by atoms with Gasteiger partial charge in [0.05, 0.1) is 30.9 Å². The highest BCUT2D eigenvalue weighted by Crippen LogP contribution is 2.28. The van der Waals surface area contributed by atoms with Gasteiger partial charge in [-0.1, -0.05) is 11.8 Å². The molecule has 24 heavy (non-hydrogen) atoms. The van der Waals surface area contributed by atoms with Crippen LogP contribution in [0.5, 0.6) is 5.88 Å². The second-order valence-electron chi connectivity index (χ2n) is 6.00. The summed E-state index contributed by atoms with van der Waals surface area (Å²) in [5.41, 5.74) is 2.82. The lowest BCUT2D eigenvalue weighted by Crippen LogP contribution is -2.38. The van der Waals surface area contributed by atoms with Crippen LogP contribution in [-0.4, -0.2) is 38.8 Å². The van der Waals surface area contributed by atoms with E-state index in [9.17, 15) is 4.79 Å². The summed E-state index contributed by atoms with van der Waals surface area (Å²) in [5.74, 6) is 1.31. The Morgan fingerprint density at radius 3 is 3.08 bits per heavy atom. The van der Waals surface area contributed by atoms with Gasteiger partial charge in [0.1, 0.15) is 6.10 Å². The molecule has 2 aromatic rings. The monoisotopic (exact) mass is 348 g/mol. The van der Waals surface area contributed by atoms with Crippen molar-refractivity contribution in [1.29, 1.82) is 0 Å². The summed E-state index contributed by atoms with van der Waals surface area (Å²) in [6.45, 7) is 4.12. The van der Waals surface area contributed by atoms with Gasteiger partial charge >= 0.3 is 0 Å². The standard InChI is InChI=1S/C16H20N4O3S/c1-2-20-9-17-15(23-10-6-22-7-10)13(20)8-24-16-18-12-5-3-4-11(12)14(21)19-16/h9-10H,2-8H2,1H3,(H,18,19,21). The maximum Gasteiger partial charge on any atom is 0.254 e. The number of imidazole rings is 1. The Kier molecular flexibility index (Phi) is 4.32. The summed E-state index contributed by atoms with van der Waals surface area (Å²) < 4.78 is 13.1. The normalized spacial score (nSPS) is 16.9. The summed E-state index contributed by atoms with van der Waals surface area (Å²) >= 11 is 1.52. The fourth-order valence-electron chi connectivity index (χ4n) is 2.97. The zero-order valence-electron chi connectivity index (χ0n) is 13.6. The molecule has 1 saturated heterocycles. The summed E-state index contributed by atoms with van der Waals surface area (Å²) in [7, 11) is 0. The number of hydrogen-bond donors (Lipinski definition) is 1. The van der Waals surface area contributed by atoms with Crippen LogP contribution >= 0.6 is 11.8 Å². The van der Waals surface area contributed by atoms with Crippen molar-refractivity contribution in [2.24, 2.45) is 0 Å². The highest BCUT2D eigenvalue weighted by molar-refractivity contribution is 7.98. The Morgan fingerprint density at radius 2 is 2.33 bits per heavy atom. The quantitative estimate of drug-likeness (QED) is 0.630. The van der Waals surface area contributed by atoms with E-state index in [1.165, 1.54) is 11.8 Å². The first-order chi connectivity index (χ1) is 11.7. The molecule has 128 valence electrons. The van der Waals surface area contributed by atoms with E-state index in [0.717, 1.165) is 42.8 Å². The first-order valence-electron chi connectivity index (χ1n) is 8.28. The minimum absolute atomic E-state index is 0.00656. The van der Waals surface area contributed by atoms with Crippen molar-refractivity contribution in [2.75, 3.05) is 13.2 Å². The number of hydrogen-bond acceptors (Lipinski definition) is 6. The van der Waals surface area contributed by atoms with Crippen LogP contribution in [-0.2, 0) is 29.9 Å². The Hall–Kier alpha value is -1.80. The third-order valence-corrected chi connectivity index (χ3v) is 5.28. The van der Waals surface area contributed by atoms with Crippen LogP contribution in [0.15, 0.2) is 16.3 Å². The molecule has 0 spiro atoms. The molecule has 0 aromatic carbocycles. The summed E-state index contributed by atoms with van der Waals surface area (Å²) in [4.78, 5) is 24.0. The number of thioether (sulfide) groups is 1. The predicted octanol–water partition coefficient (Wildman–Crippen LogP) is 1.54. The van der Waals surface area contributed by atoms with Crippen LogP contribution in [0.1, 0.15) is 30.3 Å². The van der Waals surface area contributed by atoms with Gasteiger partial charge in [-0.25, -0.2) is 9.97 Å². The Labute approximate surface area is 143 Å². The molecule has 0 radical (unpaired) electrons. The van der Waals surface area contributed by atoms with Crippen molar-refractivity contribution in [3.8, 4) is 5.88 Å². The number of rotatable bonds is 6. The fraction of sp³-hybridized carbons (Fsp3) is 0.562. The zero-order chi connectivity index (χ0) is 16.5. The number of fused-ring (bicyclic) bond motifs is 1. The Balaban J connectivity index is 1.52. The van der Waals surface area contributed by atoms with Crippen LogP contribution in [0, 0.1) is 0 Å². The number of H-pyrrole nitrogens is 1. The Bertz CT molecular complexity index is 797. The number of aryl methyl sites for hydroxylation is 2. The molecule has 0 saturated carbocycles. The van der Waals surface area contributed by atoms with Gasteiger partial charge in [-0.05, 0) is 26.2 Å². The molecule has 0 amide bonds. The molecule has 2 aromatic heterocycles. The smallest absolute Gasteiger partial charge is 0.254 e. The highest BCUT2D eigenvalue weighted by Gasteiger charge is 2.24. The van der Waals surface area contributed by atoms with Gasteiger partial charge in [0.15, 0.2) is 5.16 Å². The summed E-state index contributed by atoms with van der Waals surface area (Å²) in [6.07, 6.45) is 4.64. The van der Waals surface area contributed by atoms with Gasteiger partial charge in [-0.2, -0.15) is 0 Å². The third-order valence-electron chi connectivity index (χ3n) is 4.40. The Morgan fingerprint density at radius 1 is 1.46 bits per heavy atom. The van der Waals surface area contributed by atoms with E-state index in [0.29, 0.717) is 30.0 Å². The molecule has 1 fully saturated rings. The van der Waals surface area contributed by atoms with Crippen molar-refractivity contribution in [1.82, 2.24) is 19.5 Å². The SMILES string of the molecule is CCn1cnc(OC2COC2)c1CSc1nc2c(c(=O)[nH]1)CCC2. The van der Waals surface area contributed by atoms with E-state index in [-0.39, 0.29) is 11.7 Å². The molecular weight excluding hydrogens is 328 g/mol. The maximum atomic E-state index is 12.1. The molecule has 8 heteroatoms. The molecule has 7 nitrogen and oxygen atoms in total. The number of nitrogens with zero attached hydrogens (tertiary/aromatic N) is 3. The molecule has 4 rings (SSSR count). The van der Waals surface area contributed by atoms with Crippen molar-refractivity contribution in [3.05, 3.63) is 33.6 Å². The summed E-state index contributed by atoms with van der Waals surface area (Å²) in [6, 6.07) is 0. The topological polar surface area (TPSA) is 82.0 Å². The number of aromatic nitrogens is 4. The molecule has 1 aliphatic carbocycles. The lowest BCUT2D eigenvalue weighted by atomic mass is 10.3. The van der Waals surface area contributed by atoms with Gasteiger partial charge < -0.3 is 19.0 Å². The lowest BCUT2D eigenvalue weighted by Gasteiger charge is -2.26. The van der Waals surface area contributed by atoms with E-state index >= 15 is 0 Å². The number of aromatic amines is 1. The van der Waals surface area contributed by atoms with Crippen molar-refractivity contribution >= 4 is 11.8 Å². The van der Waals surface area contributed by atoms with E-state index in [2.05, 4.69) is 26.4 Å². The van der Waals surface area contributed by atoms with Crippen LogP contribution in [0.4, 0.5) is 0 Å². The first-order valence-corrected chi connectivity index (χ1v) is 9.26. The molecule has 0 bridgehead atoms. The van der Waals surface area contributed by atoms with E-state index < -0.39 is 0 Å². The lowest BCUT2D eigenvalue weighted by molar-refractivity contribution is -0.0815. The largest absolute Gasteiger partial charge is 0.468 e. The predicted molar refractivity (Wildman–Crippen MR) is 89.6 cm³/mol. The van der Waals surface area contributed by atoms with E-state index in [1.54, 1.807) is 6.33 Å². The zero-order valence-corrected chi connectivity index (χ0v) is 14.4. The van der Waals surface area contributed by atoms with Gasteiger partial charge in [0, 0.05) is 17.9 Å². The maximum absolute atomic E-state index is 12.1. The fourth-order valence-corrected chi connectivity index (χ4v) is 3.87. The number of ether oxygens (including phenoxy) is 2. The average molecular weight is 348 g/mol. The summed E-state index contributed by atoms with van der Waals surface area (Å²) in [5, 5.41) is 0.669. The molecule has 3 heterocycles. The molecule has 1 N–H and O–H groups in total. The molecule has 0 atom stereocenters. The number of nitrogens with one attached hydrogen (secondary N) is 1. The second kappa shape index (κ2) is 6.60. The molecule has 2 aliphatic rings. The first kappa shape index (κ1) is 15.7. The van der Waals surface area contributed by atoms with Crippen LogP contribution < -0.4 is 10.3 Å². The van der Waals surface area contributed by atoms with Gasteiger partial charge in [0.2, 0.25) is 5.88 Å². The van der Waals surface area contributed by atoms with Crippen molar-refractivity contribution in [2.45, 2.75) is 49.7 Å². The van der Waals surface area contributed by atoms with Crippen LogP contribution in [0.3, 0.4) is 0 Å².